The number of hydrogen-bond donors (Lipinski definition) is 1. The normalized spacial score (nSPS) is 15.3. The molecule has 0 saturated carbocycles. The Labute approximate surface area is 266 Å². The zero-order chi connectivity index (χ0) is 34.1. The third-order valence-electron chi connectivity index (χ3n) is 8.46. The van der Waals surface area contributed by atoms with Gasteiger partial charge in [0.15, 0.2) is 6.19 Å². The third kappa shape index (κ3) is 5.03. The Kier molecular flexibility index (Phi) is 6.88. The maximum Gasteiger partial charge on any atom is 0.416 e. The Morgan fingerprint density at radius 1 is 0.542 bits per heavy atom. The van der Waals surface area contributed by atoms with Gasteiger partial charge in [-0.3, -0.25) is 0 Å². The molecule has 0 fully saturated rings. The molecule has 12 heteroatoms. The van der Waals surface area contributed by atoms with Crippen LogP contribution >= 0.6 is 0 Å². The molecule has 7 rings (SSSR count). The lowest BCUT2D eigenvalue weighted by atomic mass is 9.96. The molecule has 2 aliphatic rings. The van der Waals surface area contributed by atoms with E-state index in [0.29, 0.717) is 62.2 Å². The lowest BCUT2D eigenvalue weighted by Gasteiger charge is -2.14. The summed E-state index contributed by atoms with van der Waals surface area (Å²) >= 11 is 0. The van der Waals surface area contributed by atoms with Gasteiger partial charge in [0, 0.05) is 11.1 Å². The molecule has 1 unspecified atom stereocenters. The molecule has 2 aliphatic carbocycles. The van der Waals surface area contributed by atoms with Crippen molar-refractivity contribution >= 4 is 5.71 Å². The van der Waals surface area contributed by atoms with Gasteiger partial charge in [-0.1, -0.05) is 24.3 Å². The van der Waals surface area contributed by atoms with Crippen LogP contribution in [0.5, 0.6) is 0 Å². The first kappa shape index (κ1) is 30.6. The fourth-order valence-corrected chi connectivity index (χ4v) is 6.43. The van der Waals surface area contributed by atoms with Gasteiger partial charge >= 0.3 is 12.4 Å². The van der Waals surface area contributed by atoms with Crippen LogP contribution in [0, 0.1) is 34.5 Å². The quantitative estimate of drug-likeness (QED) is 0.117. The van der Waals surface area contributed by atoms with E-state index in [1.807, 2.05) is 6.19 Å². The number of aliphatic imine (C=N–C) groups is 1. The monoisotopic (exact) mass is 656 g/mol. The lowest BCUT2D eigenvalue weighted by molar-refractivity contribution is -0.138. The Bertz CT molecular complexity index is 2310. The molecule has 0 saturated heterocycles. The summed E-state index contributed by atoms with van der Waals surface area (Å²) in [7, 11) is 0. The molecule has 1 atom stereocenters. The third-order valence-corrected chi connectivity index (χ3v) is 8.46. The van der Waals surface area contributed by atoms with Crippen LogP contribution < -0.4 is 5.32 Å². The summed E-state index contributed by atoms with van der Waals surface area (Å²) in [6.07, 6.45) is -5.86. The molecule has 0 heterocycles. The number of nitrogens with zero attached hydrogens (tertiary/aromatic N) is 3. The van der Waals surface area contributed by atoms with Crippen molar-refractivity contribution < 1.29 is 35.1 Å². The number of hydrogen-bond acceptors (Lipinski definition) is 4. The van der Waals surface area contributed by atoms with Crippen LogP contribution in [0.15, 0.2) is 89.9 Å². The second-order valence-corrected chi connectivity index (χ2v) is 11.2. The van der Waals surface area contributed by atoms with Gasteiger partial charge in [0.05, 0.1) is 22.9 Å². The molecule has 0 aromatic heterocycles. The topological polar surface area (TPSA) is 72.0 Å². The summed E-state index contributed by atoms with van der Waals surface area (Å²) in [4.78, 5) is 4.02. The number of rotatable bonds is 3. The van der Waals surface area contributed by atoms with Gasteiger partial charge in [-0.15, -0.1) is 0 Å². The van der Waals surface area contributed by atoms with Crippen molar-refractivity contribution in [2.75, 3.05) is 0 Å². The van der Waals surface area contributed by atoms with Crippen LogP contribution in [0.25, 0.3) is 44.5 Å². The molecular formula is C36H16F8N4. The Hall–Kier alpha value is -6.01. The van der Waals surface area contributed by atoms with Crippen molar-refractivity contribution in [2.45, 2.75) is 18.4 Å². The summed E-state index contributed by atoms with van der Waals surface area (Å²) in [5.41, 5.74) is 3.04. The van der Waals surface area contributed by atoms with E-state index < -0.39 is 41.2 Å². The van der Waals surface area contributed by atoms with E-state index in [1.54, 1.807) is 42.6 Å². The van der Waals surface area contributed by atoms with Gasteiger partial charge in [-0.2, -0.15) is 41.9 Å². The fourth-order valence-electron chi connectivity index (χ4n) is 6.43. The van der Waals surface area contributed by atoms with E-state index in [4.69, 9.17) is 0 Å². The number of halogens is 8. The Morgan fingerprint density at radius 2 is 1.08 bits per heavy atom. The van der Waals surface area contributed by atoms with Crippen molar-refractivity contribution in [3.05, 3.63) is 130 Å². The lowest BCUT2D eigenvalue weighted by Crippen LogP contribution is -2.14. The van der Waals surface area contributed by atoms with Crippen molar-refractivity contribution in [1.29, 1.82) is 10.5 Å². The molecule has 0 radical (unpaired) electrons. The summed E-state index contributed by atoms with van der Waals surface area (Å²) < 4.78 is 109. The van der Waals surface area contributed by atoms with E-state index in [1.165, 1.54) is 12.1 Å². The predicted molar refractivity (Wildman–Crippen MR) is 160 cm³/mol. The zero-order valence-corrected chi connectivity index (χ0v) is 24.0. The molecule has 5 aromatic rings. The highest BCUT2D eigenvalue weighted by atomic mass is 19.4. The van der Waals surface area contributed by atoms with Crippen molar-refractivity contribution in [2.24, 2.45) is 4.99 Å². The molecule has 5 aromatic carbocycles. The molecular weight excluding hydrogens is 640 g/mol. The van der Waals surface area contributed by atoms with Gasteiger partial charge in [-0.05, 0) is 116 Å². The first-order valence-corrected chi connectivity index (χ1v) is 14.1. The van der Waals surface area contributed by atoms with Crippen LogP contribution in [0.3, 0.4) is 0 Å². The molecule has 0 aliphatic heterocycles. The molecule has 48 heavy (non-hydrogen) atoms. The summed E-state index contributed by atoms with van der Waals surface area (Å²) in [5, 5.41) is 21.9. The predicted octanol–water partition coefficient (Wildman–Crippen LogP) is 9.78. The van der Waals surface area contributed by atoms with E-state index in [0.717, 1.165) is 24.3 Å². The van der Waals surface area contributed by atoms with Gasteiger partial charge in [0.2, 0.25) is 6.19 Å². The van der Waals surface area contributed by atoms with Crippen molar-refractivity contribution in [3.8, 4) is 56.9 Å². The SMILES string of the molecule is N#CN=C1c2cc(-c3cc(F)cc(C(F)(F)F)c3)ccc2-c2cc3c(cc21)-c1ccc(-c2cc(F)cc(C(F)(F)F)c2)cc1C3NC#N. The molecule has 1 N–H and O–H groups in total. The fraction of sp³-hybridized carbons (Fsp3) is 0.0833. The summed E-state index contributed by atoms with van der Waals surface area (Å²) in [6.45, 7) is 0. The Balaban J connectivity index is 1.35. The number of alkyl halides is 6. The van der Waals surface area contributed by atoms with Gasteiger partial charge in [0.1, 0.15) is 11.6 Å². The second-order valence-electron chi connectivity index (χ2n) is 11.2. The molecule has 0 bridgehead atoms. The Morgan fingerprint density at radius 3 is 1.65 bits per heavy atom. The van der Waals surface area contributed by atoms with E-state index in [2.05, 4.69) is 10.3 Å². The number of benzene rings is 5. The average molecular weight is 657 g/mol. The highest BCUT2D eigenvalue weighted by molar-refractivity contribution is 6.26. The molecule has 0 spiro atoms. The van der Waals surface area contributed by atoms with Gasteiger partial charge < -0.3 is 5.32 Å². The maximum atomic E-state index is 14.2. The molecule has 4 nitrogen and oxygen atoms in total. The largest absolute Gasteiger partial charge is 0.416 e. The first-order chi connectivity index (χ1) is 22.8. The minimum absolute atomic E-state index is 0.00638. The van der Waals surface area contributed by atoms with E-state index >= 15 is 0 Å². The van der Waals surface area contributed by atoms with Crippen LogP contribution in [0.4, 0.5) is 35.1 Å². The van der Waals surface area contributed by atoms with Gasteiger partial charge in [0.25, 0.3) is 0 Å². The standard InChI is InChI=1S/C36H16F8N4/c37-23-7-19(5-21(11-23)35(39,40)41)17-1-3-25-27-13-32-28(14-31(27)33(47-15-45)29(25)9-17)26-4-2-18(10-30(26)34(32)48-16-46)20-6-22(36(42,43)44)12-24(38)8-20/h1-14,33,47H. The number of fused-ring (bicyclic) bond motifs is 6. The summed E-state index contributed by atoms with van der Waals surface area (Å²) in [6, 6.07) is 16.7. The molecule has 236 valence electrons. The van der Waals surface area contributed by atoms with E-state index in [-0.39, 0.29) is 22.4 Å². The minimum atomic E-state index is -4.77. The van der Waals surface area contributed by atoms with Crippen LogP contribution in [-0.4, -0.2) is 5.71 Å². The highest BCUT2D eigenvalue weighted by Crippen LogP contribution is 2.50. The maximum absolute atomic E-state index is 14.2. The summed E-state index contributed by atoms with van der Waals surface area (Å²) in [5.74, 6) is -2.13. The second kappa shape index (κ2) is 10.8. The zero-order valence-electron chi connectivity index (χ0n) is 24.0. The van der Waals surface area contributed by atoms with Crippen molar-refractivity contribution in [1.82, 2.24) is 5.32 Å². The number of nitriles is 2. The van der Waals surface area contributed by atoms with Crippen LogP contribution in [0.1, 0.15) is 39.4 Å². The van der Waals surface area contributed by atoms with E-state index in [9.17, 15) is 45.6 Å². The van der Waals surface area contributed by atoms with Crippen LogP contribution in [0.2, 0.25) is 0 Å². The van der Waals surface area contributed by atoms with Gasteiger partial charge in [-0.25, -0.2) is 8.78 Å². The average Bonchev–Trinajstić information content (AvgIpc) is 3.49. The minimum Gasteiger partial charge on any atom is -0.312 e. The molecule has 0 amide bonds. The smallest absolute Gasteiger partial charge is 0.312 e. The highest BCUT2D eigenvalue weighted by Gasteiger charge is 2.36. The van der Waals surface area contributed by atoms with Crippen molar-refractivity contribution in [3.63, 3.8) is 0 Å². The first-order valence-electron chi connectivity index (χ1n) is 14.1. The van der Waals surface area contributed by atoms with Crippen LogP contribution in [-0.2, 0) is 12.4 Å². The number of nitrogens with one attached hydrogen (secondary N) is 1.